The highest BCUT2D eigenvalue weighted by Gasteiger charge is 2.09. The van der Waals surface area contributed by atoms with Gasteiger partial charge in [-0.1, -0.05) is 0 Å². The summed E-state index contributed by atoms with van der Waals surface area (Å²) in [6.45, 7) is 6.24. The lowest BCUT2D eigenvalue weighted by Gasteiger charge is -2.12. The molecule has 0 spiro atoms. The van der Waals surface area contributed by atoms with E-state index in [0.29, 0.717) is 24.0 Å². The number of carbonyl (C=O) groups is 1. The minimum Gasteiger partial charge on any atom is -0.361 e. The molecule has 94 valence electrons. The number of hydrazine groups is 1. The molecule has 0 saturated carbocycles. The van der Waals surface area contributed by atoms with Gasteiger partial charge in [-0.25, -0.2) is 15.8 Å². The number of nitrogens with two attached hydrogens (primary N) is 1. The summed E-state index contributed by atoms with van der Waals surface area (Å²) in [6, 6.07) is 0. The molecule has 1 amide bonds. The van der Waals surface area contributed by atoms with Gasteiger partial charge < -0.3 is 16.1 Å². The Morgan fingerprint density at radius 2 is 1.94 bits per heavy atom. The maximum absolute atomic E-state index is 11.3. The van der Waals surface area contributed by atoms with Crippen molar-refractivity contribution in [1.29, 1.82) is 0 Å². The predicted molar refractivity (Wildman–Crippen MR) is 66.5 cm³/mol. The van der Waals surface area contributed by atoms with Gasteiger partial charge in [-0.2, -0.15) is 0 Å². The van der Waals surface area contributed by atoms with Gasteiger partial charge in [-0.3, -0.25) is 4.79 Å². The Balaban J connectivity index is 2.77. The van der Waals surface area contributed by atoms with E-state index in [1.807, 2.05) is 13.8 Å². The van der Waals surface area contributed by atoms with Crippen LogP contribution in [-0.4, -0.2) is 29.0 Å². The molecule has 0 saturated heterocycles. The monoisotopic (exact) mass is 238 g/mol. The lowest BCUT2D eigenvalue weighted by atomic mass is 10.3. The van der Waals surface area contributed by atoms with Gasteiger partial charge in [-0.05, 0) is 20.8 Å². The van der Waals surface area contributed by atoms with E-state index in [2.05, 4.69) is 26.0 Å². The molecule has 1 heterocycles. The lowest BCUT2D eigenvalue weighted by molar-refractivity contribution is -0.119. The van der Waals surface area contributed by atoms with Gasteiger partial charge >= 0.3 is 0 Å². The van der Waals surface area contributed by atoms with E-state index in [9.17, 15) is 4.79 Å². The van der Waals surface area contributed by atoms with E-state index in [1.165, 1.54) is 0 Å². The van der Waals surface area contributed by atoms with Crippen LogP contribution in [0.15, 0.2) is 0 Å². The molecule has 5 N–H and O–H groups in total. The van der Waals surface area contributed by atoms with E-state index < -0.39 is 0 Å². The highest BCUT2D eigenvalue weighted by molar-refractivity contribution is 5.80. The Morgan fingerprint density at radius 1 is 1.29 bits per heavy atom. The largest absolute Gasteiger partial charge is 0.361 e. The molecule has 1 aromatic rings. The number of hydrogen-bond donors (Lipinski definition) is 4. The fourth-order valence-electron chi connectivity index (χ4n) is 1.36. The number of nitrogens with one attached hydrogen (secondary N) is 3. The van der Waals surface area contributed by atoms with Crippen LogP contribution in [-0.2, 0) is 4.79 Å². The minimum absolute atomic E-state index is 0.0783. The van der Waals surface area contributed by atoms with Gasteiger partial charge in [0.1, 0.15) is 17.5 Å². The zero-order valence-corrected chi connectivity index (χ0v) is 10.3. The van der Waals surface area contributed by atoms with E-state index in [4.69, 9.17) is 5.84 Å². The summed E-state index contributed by atoms with van der Waals surface area (Å²) >= 11 is 0. The van der Waals surface area contributed by atoms with Crippen LogP contribution in [0.4, 0.5) is 11.6 Å². The molecule has 0 unspecified atom stereocenters. The first-order chi connectivity index (χ1) is 8.08. The van der Waals surface area contributed by atoms with E-state index in [0.717, 1.165) is 5.56 Å². The average molecular weight is 238 g/mol. The Hall–Kier alpha value is -1.89. The topological polar surface area (TPSA) is 105 Å². The molecule has 0 radical (unpaired) electrons. The third-order valence-electron chi connectivity index (χ3n) is 2.18. The zero-order valence-electron chi connectivity index (χ0n) is 10.3. The van der Waals surface area contributed by atoms with Gasteiger partial charge in [0.25, 0.3) is 0 Å². The van der Waals surface area contributed by atoms with Crippen LogP contribution >= 0.6 is 0 Å². The van der Waals surface area contributed by atoms with Crippen molar-refractivity contribution in [3.05, 3.63) is 11.4 Å². The van der Waals surface area contributed by atoms with Gasteiger partial charge in [0.15, 0.2) is 0 Å². The smallest absolute Gasteiger partial charge is 0.239 e. The summed E-state index contributed by atoms with van der Waals surface area (Å²) in [7, 11) is 0. The molecule has 0 aliphatic heterocycles. The van der Waals surface area contributed by atoms with Crippen LogP contribution in [0.25, 0.3) is 0 Å². The second-order valence-corrected chi connectivity index (χ2v) is 3.54. The first-order valence-electron chi connectivity index (χ1n) is 5.40. The lowest BCUT2D eigenvalue weighted by Crippen LogP contribution is -2.30. The quantitative estimate of drug-likeness (QED) is 0.422. The second-order valence-electron chi connectivity index (χ2n) is 3.54. The first-order valence-corrected chi connectivity index (χ1v) is 5.40. The molecule has 7 heteroatoms. The van der Waals surface area contributed by atoms with Crippen LogP contribution in [0.5, 0.6) is 0 Å². The van der Waals surface area contributed by atoms with Crippen molar-refractivity contribution in [3.63, 3.8) is 0 Å². The van der Waals surface area contributed by atoms with E-state index >= 15 is 0 Å². The average Bonchev–Trinajstić information content (AvgIpc) is 2.30. The van der Waals surface area contributed by atoms with Crippen LogP contribution in [0.3, 0.4) is 0 Å². The van der Waals surface area contributed by atoms with Crippen LogP contribution < -0.4 is 21.9 Å². The Labute approximate surface area is 100 Å². The van der Waals surface area contributed by atoms with Crippen molar-refractivity contribution >= 4 is 17.5 Å². The van der Waals surface area contributed by atoms with Crippen molar-refractivity contribution in [3.8, 4) is 0 Å². The molecule has 0 aliphatic rings. The summed E-state index contributed by atoms with van der Waals surface area (Å²) in [6.07, 6.45) is 0. The number of aromatic nitrogens is 2. The van der Waals surface area contributed by atoms with Gasteiger partial charge in [0, 0.05) is 12.1 Å². The Bertz CT molecular complexity index is 406. The van der Waals surface area contributed by atoms with Crippen LogP contribution in [0, 0.1) is 13.8 Å². The second kappa shape index (κ2) is 6.00. The number of likely N-dealkylation sites (N-methyl/N-ethyl adjacent to an activating group) is 1. The SMILES string of the molecule is CCNC(=O)CNc1nc(C)nc(NN)c1C. The number of carbonyl (C=O) groups excluding carboxylic acids is 1. The number of nitrogens with zero attached hydrogens (tertiary/aromatic N) is 2. The van der Waals surface area contributed by atoms with Crippen LogP contribution in [0.2, 0.25) is 0 Å². The third kappa shape index (κ3) is 3.56. The third-order valence-corrected chi connectivity index (χ3v) is 2.18. The van der Waals surface area contributed by atoms with E-state index in [-0.39, 0.29) is 12.5 Å². The molecule has 0 atom stereocenters. The maximum Gasteiger partial charge on any atom is 0.239 e. The number of nitrogen functional groups attached to an aromatic ring is 1. The molecule has 17 heavy (non-hydrogen) atoms. The molecule has 0 aliphatic carbocycles. The number of anilines is 2. The molecular formula is C10H18N6O. The standard InChI is InChI=1S/C10H18N6O/c1-4-12-8(17)5-13-9-6(2)10(16-11)15-7(3)14-9/h4-5,11H2,1-3H3,(H,12,17)(H2,13,14,15,16). The molecular weight excluding hydrogens is 220 g/mol. The van der Waals surface area contributed by atoms with Gasteiger partial charge in [-0.15, -0.1) is 0 Å². The summed E-state index contributed by atoms with van der Waals surface area (Å²) in [5.41, 5.74) is 3.28. The molecule has 1 aromatic heterocycles. The highest BCUT2D eigenvalue weighted by Crippen LogP contribution is 2.18. The highest BCUT2D eigenvalue weighted by atomic mass is 16.1. The van der Waals surface area contributed by atoms with Crippen molar-refractivity contribution in [1.82, 2.24) is 15.3 Å². The number of amides is 1. The van der Waals surface area contributed by atoms with Gasteiger partial charge in [0.2, 0.25) is 5.91 Å². The van der Waals surface area contributed by atoms with Crippen molar-refractivity contribution in [2.24, 2.45) is 5.84 Å². The van der Waals surface area contributed by atoms with Gasteiger partial charge in [0.05, 0.1) is 6.54 Å². The predicted octanol–water partition coefficient (Wildman–Crippen LogP) is -0.0730. The molecule has 1 rings (SSSR count). The number of aryl methyl sites for hydroxylation is 1. The summed E-state index contributed by atoms with van der Waals surface area (Å²) in [5, 5.41) is 5.65. The normalized spacial score (nSPS) is 9.88. The molecule has 7 nitrogen and oxygen atoms in total. The Morgan fingerprint density at radius 3 is 2.53 bits per heavy atom. The number of rotatable bonds is 5. The van der Waals surface area contributed by atoms with Crippen LogP contribution in [0.1, 0.15) is 18.3 Å². The Kier molecular flexibility index (Phi) is 4.65. The fourth-order valence-corrected chi connectivity index (χ4v) is 1.36. The van der Waals surface area contributed by atoms with Crippen molar-refractivity contribution in [2.45, 2.75) is 20.8 Å². The summed E-state index contributed by atoms with van der Waals surface area (Å²) in [5.74, 6) is 7.01. The van der Waals surface area contributed by atoms with Crippen molar-refractivity contribution in [2.75, 3.05) is 23.8 Å². The zero-order chi connectivity index (χ0) is 12.8. The number of hydrogen-bond acceptors (Lipinski definition) is 6. The summed E-state index contributed by atoms with van der Waals surface area (Å²) < 4.78 is 0. The maximum atomic E-state index is 11.3. The first kappa shape index (κ1) is 13.2. The fraction of sp³-hybridized carbons (Fsp3) is 0.500. The molecule has 0 fully saturated rings. The molecule has 0 bridgehead atoms. The minimum atomic E-state index is -0.0783. The van der Waals surface area contributed by atoms with E-state index in [1.54, 1.807) is 6.92 Å². The van der Waals surface area contributed by atoms with Crippen molar-refractivity contribution < 1.29 is 4.79 Å². The summed E-state index contributed by atoms with van der Waals surface area (Å²) in [4.78, 5) is 19.7. The molecule has 0 aromatic carbocycles.